The Morgan fingerprint density at radius 2 is 1.91 bits per heavy atom. The second kappa shape index (κ2) is 4.60. The highest BCUT2D eigenvalue weighted by molar-refractivity contribution is 6.20. The SMILES string of the molecule is CC(Cl)CN(C)C(=O)C(C)C. The van der Waals surface area contributed by atoms with E-state index in [1.165, 1.54) is 0 Å². The van der Waals surface area contributed by atoms with Crippen molar-refractivity contribution in [3.05, 3.63) is 0 Å². The van der Waals surface area contributed by atoms with Crippen LogP contribution < -0.4 is 0 Å². The number of amides is 1. The summed E-state index contributed by atoms with van der Waals surface area (Å²) >= 11 is 5.73. The van der Waals surface area contributed by atoms with Crippen molar-refractivity contribution in [1.29, 1.82) is 0 Å². The average Bonchev–Trinajstić information content (AvgIpc) is 1.84. The maximum Gasteiger partial charge on any atom is 0.224 e. The van der Waals surface area contributed by atoms with Crippen molar-refractivity contribution in [2.24, 2.45) is 5.92 Å². The van der Waals surface area contributed by atoms with Crippen molar-refractivity contribution in [2.45, 2.75) is 26.1 Å². The molecule has 0 aromatic heterocycles. The highest BCUT2D eigenvalue weighted by atomic mass is 35.5. The zero-order chi connectivity index (χ0) is 9.02. The van der Waals surface area contributed by atoms with E-state index in [0.29, 0.717) is 6.54 Å². The Hall–Kier alpha value is -0.240. The number of rotatable bonds is 3. The molecule has 66 valence electrons. The van der Waals surface area contributed by atoms with Gasteiger partial charge in [-0.1, -0.05) is 13.8 Å². The summed E-state index contributed by atoms with van der Waals surface area (Å²) in [6.07, 6.45) is 0. The first kappa shape index (κ1) is 10.8. The Kier molecular flexibility index (Phi) is 4.50. The molecular weight excluding hydrogens is 162 g/mol. The van der Waals surface area contributed by atoms with E-state index in [1.54, 1.807) is 11.9 Å². The molecule has 0 heterocycles. The lowest BCUT2D eigenvalue weighted by Gasteiger charge is -2.20. The van der Waals surface area contributed by atoms with E-state index < -0.39 is 0 Å². The van der Waals surface area contributed by atoms with E-state index in [9.17, 15) is 4.79 Å². The van der Waals surface area contributed by atoms with Crippen LogP contribution in [0.2, 0.25) is 0 Å². The van der Waals surface area contributed by atoms with Crippen LogP contribution in [-0.4, -0.2) is 29.8 Å². The minimum Gasteiger partial charge on any atom is -0.344 e. The molecular formula is C8H16ClNO. The van der Waals surface area contributed by atoms with Crippen LogP contribution >= 0.6 is 11.6 Å². The maximum atomic E-state index is 11.2. The molecule has 11 heavy (non-hydrogen) atoms. The maximum absolute atomic E-state index is 11.2. The fraction of sp³-hybridized carbons (Fsp3) is 0.875. The molecule has 0 aliphatic heterocycles. The summed E-state index contributed by atoms with van der Waals surface area (Å²) in [7, 11) is 1.78. The molecule has 0 rings (SSSR count). The summed E-state index contributed by atoms with van der Waals surface area (Å²) in [6, 6.07) is 0. The van der Waals surface area contributed by atoms with Crippen LogP contribution in [-0.2, 0) is 4.79 Å². The lowest BCUT2D eigenvalue weighted by atomic mass is 10.2. The van der Waals surface area contributed by atoms with Crippen LogP contribution in [0, 0.1) is 5.92 Å². The van der Waals surface area contributed by atoms with Gasteiger partial charge in [0.1, 0.15) is 0 Å². The lowest BCUT2D eigenvalue weighted by molar-refractivity contribution is -0.133. The molecule has 3 heteroatoms. The Morgan fingerprint density at radius 3 is 2.18 bits per heavy atom. The van der Waals surface area contributed by atoms with Crippen molar-refractivity contribution >= 4 is 17.5 Å². The van der Waals surface area contributed by atoms with Gasteiger partial charge in [-0.05, 0) is 6.92 Å². The van der Waals surface area contributed by atoms with Gasteiger partial charge in [0, 0.05) is 24.9 Å². The van der Waals surface area contributed by atoms with Gasteiger partial charge in [-0.2, -0.15) is 0 Å². The van der Waals surface area contributed by atoms with Gasteiger partial charge in [0.2, 0.25) is 5.91 Å². The lowest BCUT2D eigenvalue weighted by Crippen LogP contribution is -2.34. The van der Waals surface area contributed by atoms with Crippen molar-refractivity contribution in [2.75, 3.05) is 13.6 Å². The van der Waals surface area contributed by atoms with Crippen molar-refractivity contribution in [3.8, 4) is 0 Å². The van der Waals surface area contributed by atoms with Gasteiger partial charge < -0.3 is 4.90 Å². The van der Waals surface area contributed by atoms with Crippen LogP contribution in [0.15, 0.2) is 0 Å². The van der Waals surface area contributed by atoms with Crippen molar-refractivity contribution in [3.63, 3.8) is 0 Å². The Balaban J connectivity index is 3.83. The van der Waals surface area contributed by atoms with Gasteiger partial charge in [-0.25, -0.2) is 0 Å². The van der Waals surface area contributed by atoms with E-state index in [-0.39, 0.29) is 17.2 Å². The topological polar surface area (TPSA) is 20.3 Å². The van der Waals surface area contributed by atoms with Crippen LogP contribution in [0.3, 0.4) is 0 Å². The third kappa shape index (κ3) is 4.25. The van der Waals surface area contributed by atoms with Crippen LogP contribution in [0.5, 0.6) is 0 Å². The number of hydrogen-bond acceptors (Lipinski definition) is 1. The molecule has 0 fully saturated rings. The van der Waals surface area contributed by atoms with Crippen LogP contribution in [0.4, 0.5) is 0 Å². The Labute approximate surface area is 73.5 Å². The molecule has 0 aromatic carbocycles. The van der Waals surface area contributed by atoms with E-state index in [2.05, 4.69) is 0 Å². The smallest absolute Gasteiger partial charge is 0.224 e. The molecule has 0 saturated carbocycles. The molecule has 0 N–H and O–H groups in total. The Bertz CT molecular complexity index is 134. The summed E-state index contributed by atoms with van der Waals surface area (Å²) in [5.41, 5.74) is 0. The predicted molar refractivity (Wildman–Crippen MR) is 47.8 cm³/mol. The molecule has 0 spiro atoms. The van der Waals surface area contributed by atoms with Crippen molar-refractivity contribution in [1.82, 2.24) is 4.90 Å². The molecule has 0 aromatic rings. The van der Waals surface area contributed by atoms with E-state index in [1.807, 2.05) is 20.8 Å². The van der Waals surface area contributed by atoms with E-state index in [4.69, 9.17) is 11.6 Å². The molecule has 0 bridgehead atoms. The number of halogens is 1. The normalized spacial score (nSPS) is 13.3. The van der Waals surface area contributed by atoms with Gasteiger partial charge in [0.05, 0.1) is 0 Å². The number of carbonyl (C=O) groups is 1. The predicted octanol–water partition coefficient (Wildman–Crippen LogP) is 1.73. The van der Waals surface area contributed by atoms with Gasteiger partial charge in [-0.15, -0.1) is 11.6 Å². The molecule has 0 aliphatic carbocycles. The van der Waals surface area contributed by atoms with Crippen LogP contribution in [0.1, 0.15) is 20.8 Å². The molecule has 1 atom stereocenters. The number of hydrogen-bond donors (Lipinski definition) is 0. The van der Waals surface area contributed by atoms with Gasteiger partial charge >= 0.3 is 0 Å². The Morgan fingerprint density at radius 1 is 1.45 bits per heavy atom. The summed E-state index contributed by atoms with van der Waals surface area (Å²) < 4.78 is 0. The first-order chi connectivity index (χ1) is 4.95. The number of alkyl halides is 1. The molecule has 2 nitrogen and oxygen atoms in total. The largest absolute Gasteiger partial charge is 0.344 e. The monoisotopic (exact) mass is 177 g/mol. The average molecular weight is 178 g/mol. The van der Waals surface area contributed by atoms with Gasteiger partial charge in [0.25, 0.3) is 0 Å². The van der Waals surface area contributed by atoms with Gasteiger partial charge in [-0.3, -0.25) is 4.79 Å². The third-order valence-corrected chi connectivity index (χ3v) is 1.53. The first-order valence-corrected chi connectivity index (χ1v) is 4.27. The van der Waals surface area contributed by atoms with E-state index in [0.717, 1.165) is 0 Å². The second-order valence-electron chi connectivity index (χ2n) is 3.15. The molecule has 1 unspecified atom stereocenters. The number of nitrogens with zero attached hydrogens (tertiary/aromatic N) is 1. The fourth-order valence-electron chi connectivity index (χ4n) is 0.908. The van der Waals surface area contributed by atoms with Crippen LogP contribution in [0.25, 0.3) is 0 Å². The highest BCUT2D eigenvalue weighted by Gasteiger charge is 2.13. The zero-order valence-electron chi connectivity index (χ0n) is 7.60. The fourth-order valence-corrected chi connectivity index (χ4v) is 1.12. The number of carbonyl (C=O) groups excluding carboxylic acids is 1. The summed E-state index contributed by atoms with van der Waals surface area (Å²) in [5.74, 6) is 0.216. The highest BCUT2D eigenvalue weighted by Crippen LogP contribution is 2.02. The summed E-state index contributed by atoms with van der Waals surface area (Å²) in [4.78, 5) is 12.9. The third-order valence-electron chi connectivity index (χ3n) is 1.40. The zero-order valence-corrected chi connectivity index (χ0v) is 8.35. The van der Waals surface area contributed by atoms with Gasteiger partial charge in [0.15, 0.2) is 0 Å². The summed E-state index contributed by atoms with van der Waals surface area (Å²) in [5, 5.41) is 0.0303. The minimum atomic E-state index is 0.0303. The quantitative estimate of drug-likeness (QED) is 0.602. The standard InChI is InChI=1S/C8H16ClNO/c1-6(2)8(11)10(4)5-7(3)9/h6-7H,5H2,1-4H3. The van der Waals surface area contributed by atoms with Crippen molar-refractivity contribution < 1.29 is 4.79 Å². The van der Waals surface area contributed by atoms with E-state index >= 15 is 0 Å². The summed E-state index contributed by atoms with van der Waals surface area (Å²) in [6.45, 7) is 6.28. The molecule has 0 saturated heterocycles. The molecule has 0 aliphatic rings. The second-order valence-corrected chi connectivity index (χ2v) is 3.90. The first-order valence-electron chi connectivity index (χ1n) is 3.84. The molecule has 0 radical (unpaired) electrons. The molecule has 1 amide bonds. The minimum absolute atomic E-state index is 0.0303.